The number of aryl methyl sites for hydroxylation is 1. The van der Waals surface area contributed by atoms with Gasteiger partial charge in [0.05, 0.1) is 12.8 Å². The van der Waals surface area contributed by atoms with Crippen molar-refractivity contribution in [2.24, 2.45) is 0 Å². The van der Waals surface area contributed by atoms with E-state index in [1.165, 1.54) is 29.5 Å². The van der Waals surface area contributed by atoms with Crippen molar-refractivity contribution in [1.29, 1.82) is 0 Å². The third kappa shape index (κ3) is 4.25. The number of halogens is 1. The van der Waals surface area contributed by atoms with Crippen LogP contribution in [-0.4, -0.2) is 43.3 Å². The highest BCUT2D eigenvalue weighted by molar-refractivity contribution is 7.89. The molecule has 1 atom stereocenters. The van der Waals surface area contributed by atoms with Gasteiger partial charge >= 0.3 is 0 Å². The Morgan fingerprint density at radius 1 is 1.22 bits per heavy atom. The van der Waals surface area contributed by atoms with Gasteiger partial charge in [0.25, 0.3) is 0 Å². The number of carbonyl (C=O) groups is 1. The monoisotopic (exact) mass is 475 g/mol. The van der Waals surface area contributed by atoms with Crippen molar-refractivity contribution in [3.63, 3.8) is 0 Å². The molecular weight excluding hydrogens is 453 g/mol. The van der Waals surface area contributed by atoms with Crippen molar-refractivity contribution in [3.05, 3.63) is 59.2 Å². The predicted molar refractivity (Wildman–Crippen MR) is 121 cm³/mol. The minimum Gasteiger partial charge on any atom is -0.497 e. The van der Waals surface area contributed by atoms with Crippen LogP contribution in [0.4, 0.5) is 9.52 Å². The van der Waals surface area contributed by atoms with Gasteiger partial charge in [-0.15, -0.1) is 11.3 Å². The lowest BCUT2D eigenvalue weighted by Gasteiger charge is -2.23. The number of aromatic nitrogens is 1. The number of carbonyl (C=O) groups excluding carboxylic acids is 1. The van der Waals surface area contributed by atoms with E-state index in [0.29, 0.717) is 18.0 Å². The van der Waals surface area contributed by atoms with E-state index in [1.807, 2.05) is 31.2 Å². The maximum absolute atomic E-state index is 14.1. The number of nitrogens with one attached hydrogen (secondary N) is 1. The number of hydrogen-bond acceptors (Lipinski definition) is 6. The zero-order valence-corrected chi connectivity index (χ0v) is 19.2. The van der Waals surface area contributed by atoms with Crippen molar-refractivity contribution in [1.82, 2.24) is 9.29 Å². The number of methoxy groups -OCH3 is 1. The minimum atomic E-state index is -4.14. The van der Waals surface area contributed by atoms with Gasteiger partial charge in [0.15, 0.2) is 5.13 Å². The van der Waals surface area contributed by atoms with Crippen LogP contribution >= 0.6 is 11.3 Å². The highest BCUT2D eigenvalue weighted by Crippen LogP contribution is 2.33. The van der Waals surface area contributed by atoms with Crippen LogP contribution in [-0.2, 0) is 14.8 Å². The molecular formula is C22H22FN3O4S2. The second-order valence-corrected chi connectivity index (χ2v) is 10.4. The molecule has 1 aliphatic rings. The van der Waals surface area contributed by atoms with Gasteiger partial charge in [0, 0.05) is 17.0 Å². The quantitative estimate of drug-likeness (QED) is 0.581. The van der Waals surface area contributed by atoms with Gasteiger partial charge < -0.3 is 10.1 Å². The van der Waals surface area contributed by atoms with E-state index in [9.17, 15) is 17.6 Å². The van der Waals surface area contributed by atoms with E-state index in [-0.39, 0.29) is 6.54 Å². The van der Waals surface area contributed by atoms with Gasteiger partial charge in [-0.25, -0.2) is 17.8 Å². The molecule has 32 heavy (non-hydrogen) atoms. The fraction of sp³-hybridized carbons (Fsp3) is 0.273. The molecule has 0 bridgehead atoms. The van der Waals surface area contributed by atoms with Gasteiger partial charge in [0.1, 0.15) is 22.5 Å². The Morgan fingerprint density at radius 3 is 2.62 bits per heavy atom. The Hall–Kier alpha value is -2.82. The fourth-order valence-electron chi connectivity index (χ4n) is 3.73. The highest BCUT2D eigenvalue weighted by Gasteiger charge is 2.40. The first kappa shape index (κ1) is 22.4. The predicted octanol–water partition coefficient (Wildman–Crippen LogP) is 4.06. The number of anilines is 1. The molecule has 1 amide bonds. The molecule has 1 aromatic heterocycles. The summed E-state index contributed by atoms with van der Waals surface area (Å²) in [5, 5.41) is 3.13. The maximum Gasteiger partial charge on any atom is 0.246 e. The highest BCUT2D eigenvalue weighted by atomic mass is 32.2. The number of rotatable bonds is 6. The Bertz CT molecular complexity index is 1240. The molecule has 1 N–H and O–H groups in total. The number of sulfonamides is 1. The normalized spacial score (nSPS) is 16.8. The van der Waals surface area contributed by atoms with Crippen LogP contribution in [0.1, 0.15) is 17.7 Å². The van der Waals surface area contributed by atoms with Crippen LogP contribution in [0.2, 0.25) is 0 Å². The molecule has 1 aliphatic heterocycles. The zero-order chi connectivity index (χ0) is 22.9. The van der Waals surface area contributed by atoms with Gasteiger partial charge in [0.2, 0.25) is 15.9 Å². The summed E-state index contributed by atoms with van der Waals surface area (Å²) in [5.41, 5.74) is 1.61. The van der Waals surface area contributed by atoms with E-state index in [2.05, 4.69) is 10.3 Å². The van der Waals surface area contributed by atoms with Crippen molar-refractivity contribution in [2.45, 2.75) is 30.7 Å². The second-order valence-electron chi connectivity index (χ2n) is 7.35. The van der Waals surface area contributed by atoms with Crippen molar-refractivity contribution < 1.29 is 22.3 Å². The topological polar surface area (TPSA) is 88.6 Å². The lowest BCUT2D eigenvalue weighted by molar-refractivity contribution is -0.119. The van der Waals surface area contributed by atoms with Crippen LogP contribution in [0.25, 0.3) is 11.3 Å². The summed E-state index contributed by atoms with van der Waals surface area (Å²) in [4.78, 5) is 18.0. The zero-order valence-electron chi connectivity index (χ0n) is 17.5. The number of thiazole rings is 1. The van der Waals surface area contributed by atoms with E-state index < -0.39 is 32.7 Å². The first-order valence-corrected chi connectivity index (χ1v) is 12.3. The van der Waals surface area contributed by atoms with E-state index in [0.717, 1.165) is 32.3 Å². The fourth-order valence-corrected chi connectivity index (χ4v) is 6.29. The lowest BCUT2D eigenvalue weighted by atomic mass is 10.1. The van der Waals surface area contributed by atoms with Crippen LogP contribution in [0.15, 0.2) is 53.4 Å². The van der Waals surface area contributed by atoms with Crippen LogP contribution in [0.5, 0.6) is 5.75 Å². The van der Waals surface area contributed by atoms with Crippen molar-refractivity contribution >= 4 is 32.4 Å². The van der Waals surface area contributed by atoms with Gasteiger partial charge in [-0.1, -0.05) is 12.1 Å². The van der Waals surface area contributed by atoms with Crippen molar-refractivity contribution in [2.75, 3.05) is 19.0 Å². The van der Waals surface area contributed by atoms with Gasteiger partial charge in [-0.05, 0) is 56.2 Å². The summed E-state index contributed by atoms with van der Waals surface area (Å²) in [6.07, 6.45) is 0.870. The maximum atomic E-state index is 14.1. The Labute approximate surface area is 189 Å². The van der Waals surface area contributed by atoms with E-state index >= 15 is 0 Å². The van der Waals surface area contributed by atoms with E-state index in [4.69, 9.17) is 4.74 Å². The van der Waals surface area contributed by atoms with Gasteiger partial charge in [-0.2, -0.15) is 4.31 Å². The standard InChI is InChI=1S/C22H22FN3O4S2/c1-14-20(15-9-11-16(30-2)12-10-15)24-22(31-14)25-21(27)18-7-5-13-26(18)32(28,29)19-8-4-3-6-17(19)23/h3-4,6,8-12,18H,5,7,13H2,1-2H3,(H,24,25,27)/t18-/m1/s1. The Morgan fingerprint density at radius 2 is 1.94 bits per heavy atom. The molecule has 4 rings (SSSR count). The van der Waals surface area contributed by atoms with Gasteiger partial charge in [-0.3, -0.25) is 4.79 Å². The summed E-state index contributed by atoms with van der Waals surface area (Å²) < 4.78 is 46.4. The molecule has 2 aromatic carbocycles. The third-order valence-electron chi connectivity index (χ3n) is 5.32. The summed E-state index contributed by atoms with van der Waals surface area (Å²) in [6, 6.07) is 11.7. The molecule has 0 unspecified atom stereocenters. The minimum absolute atomic E-state index is 0.156. The molecule has 10 heteroatoms. The van der Waals surface area contributed by atoms with Crippen molar-refractivity contribution in [3.8, 4) is 17.0 Å². The van der Waals surface area contributed by atoms with Crippen LogP contribution in [0, 0.1) is 12.7 Å². The molecule has 2 heterocycles. The molecule has 168 valence electrons. The molecule has 0 spiro atoms. The molecule has 7 nitrogen and oxygen atoms in total. The molecule has 0 saturated carbocycles. The Balaban J connectivity index is 1.54. The largest absolute Gasteiger partial charge is 0.497 e. The summed E-state index contributed by atoms with van der Waals surface area (Å²) in [5.74, 6) is -0.580. The molecule has 0 radical (unpaired) electrons. The molecule has 1 fully saturated rings. The first-order chi connectivity index (χ1) is 15.3. The number of ether oxygens (including phenoxy) is 1. The molecule has 1 saturated heterocycles. The first-order valence-electron chi connectivity index (χ1n) is 10.0. The number of nitrogens with zero attached hydrogens (tertiary/aromatic N) is 2. The number of benzene rings is 2. The second kappa shape index (κ2) is 8.97. The summed E-state index contributed by atoms with van der Waals surface area (Å²) in [7, 11) is -2.55. The lowest BCUT2D eigenvalue weighted by Crippen LogP contribution is -2.43. The summed E-state index contributed by atoms with van der Waals surface area (Å²) in [6.45, 7) is 2.06. The molecule has 0 aliphatic carbocycles. The molecule has 3 aromatic rings. The summed E-state index contributed by atoms with van der Waals surface area (Å²) >= 11 is 1.31. The number of hydrogen-bond donors (Lipinski definition) is 1. The third-order valence-corrected chi connectivity index (χ3v) is 8.15. The van der Waals surface area contributed by atoms with Crippen LogP contribution in [0.3, 0.4) is 0 Å². The number of amides is 1. The smallest absolute Gasteiger partial charge is 0.246 e. The average Bonchev–Trinajstić information content (AvgIpc) is 3.41. The SMILES string of the molecule is COc1ccc(-c2nc(NC(=O)[C@H]3CCCN3S(=O)(=O)c3ccccc3F)sc2C)cc1. The Kier molecular flexibility index (Phi) is 6.27. The van der Waals surface area contributed by atoms with E-state index in [1.54, 1.807) is 7.11 Å². The van der Waals surface area contributed by atoms with Crippen LogP contribution < -0.4 is 10.1 Å². The average molecular weight is 476 g/mol.